The summed E-state index contributed by atoms with van der Waals surface area (Å²) in [5.74, 6) is 1.46. The van der Waals surface area contributed by atoms with Gasteiger partial charge in [-0.2, -0.15) is 5.10 Å². The number of hydrogen-bond acceptors (Lipinski definition) is 3. The zero-order valence-electron chi connectivity index (χ0n) is 19.6. The minimum absolute atomic E-state index is 0.118. The van der Waals surface area contributed by atoms with Crippen LogP contribution in [0, 0.1) is 5.92 Å². The van der Waals surface area contributed by atoms with Gasteiger partial charge < -0.3 is 9.64 Å². The molecule has 0 fully saturated rings. The van der Waals surface area contributed by atoms with Crippen molar-refractivity contribution in [2.45, 2.75) is 20.4 Å². The van der Waals surface area contributed by atoms with Crippen LogP contribution in [-0.4, -0.2) is 27.1 Å². The lowest BCUT2D eigenvalue weighted by Gasteiger charge is -2.25. The van der Waals surface area contributed by atoms with Gasteiger partial charge in [0.2, 0.25) is 5.88 Å². The van der Waals surface area contributed by atoms with E-state index in [4.69, 9.17) is 21.4 Å². The fourth-order valence-corrected chi connectivity index (χ4v) is 4.12. The maximum atomic E-state index is 13.6. The third-order valence-corrected chi connectivity index (χ3v) is 5.75. The first-order chi connectivity index (χ1) is 16.4. The highest BCUT2D eigenvalue weighted by Crippen LogP contribution is 2.34. The number of hydrogen-bond donors (Lipinski definition) is 0. The Bertz CT molecular complexity index is 1250. The molecule has 0 unspecified atom stereocenters. The van der Waals surface area contributed by atoms with Crippen LogP contribution < -0.4 is 4.74 Å². The SMILES string of the molecule is CC(C)CN(Cc1c(-c2ccccc2)nn(C)c1Oc1ccccc1)C(=O)c1ccccc1Cl. The second-order valence-corrected chi connectivity index (χ2v) is 9.00. The molecule has 1 amide bonds. The highest BCUT2D eigenvalue weighted by Gasteiger charge is 2.26. The van der Waals surface area contributed by atoms with Crippen molar-refractivity contribution in [1.29, 1.82) is 0 Å². The molecule has 174 valence electrons. The van der Waals surface area contributed by atoms with Crippen molar-refractivity contribution in [3.05, 3.63) is 101 Å². The molecule has 0 aliphatic heterocycles. The van der Waals surface area contributed by atoms with Gasteiger partial charge in [0.1, 0.15) is 11.4 Å². The normalized spacial score (nSPS) is 11.0. The van der Waals surface area contributed by atoms with Gasteiger partial charge in [0.05, 0.1) is 22.7 Å². The van der Waals surface area contributed by atoms with E-state index in [-0.39, 0.29) is 11.8 Å². The molecule has 0 N–H and O–H groups in total. The standard InChI is InChI=1S/C28H28ClN3O2/c1-20(2)18-32(27(33)23-16-10-11-17-25(23)29)19-24-26(21-12-6-4-7-13-21)30-31(3)28(24)34-22-14-8-5-9-15-22/h4-17,20H,18-19H2,1-3H3. The summed E-state index contributed by atoms with van der Waals surface area (Å²) in [5.41, 5.74) is 3.08. The largest absolute Gasteiger partial charge is 0.439 e. The smallest absolute Gasteiger partial charge is 0.255 e. The first-order valence-electron chi connectivity index (χ1n) is 11.3. The molecule has 0 atom stereocenters. The van der Waals surface area contributed by atoms with E-state index in [9.17, 15) is 4.79 Å². The summed E-state index contributed by atoms with van der Waals surface area (Å²) in [5, 5.41) is 5.23. The molecule has 1 heterocycles. The highest BCUT2D eigenvalue weighted by molar-refractivity contribution is 6.33. The Morgan fingerprint density at radius 3 is 2.24 bits per heavy atom. The fraction of sp³-hybridized carbons (Fsp3) is 0.214. The lowest BCUT2D eigenvalue weighted by molar-refractivity contribution is 0.0722. The van der Waals surface area contributed by atoms with Gasteiger partial charge in [0.25, 0.3) is 5.91 Å². The van der Waals surface area contributed by atoms with E-state index < -0.39 is 0 Å². The first kappa shape index (κ1) is 23.6. The molecular weight excluding hydrogens is 446 g/mol. The topological polar surface area (TPSA) is 47.4 Å². The fourth-order valence-electron chi connectivity index (χ4n) is 3.91. The van der Waals surface area contributed by atoms with E-state index in [1.165, 1.54) is 0 Å². The van der Waals surface area contributed by atoms with Crippen molar-refractivity contribution in [3.8, 4) is 22.9 Å². The van der Waals surface area contributed by atoms with Gasteiger partial charge >= 0.3 is 0 Å². The lowest BCUT2D eigenvalue weighted by Crippen LogP contribution is -2.34. The van der Waals surface area contributed by atoms with E-state index in [1.54, 1.807) is 16.8 Å². The van der Waals surface area contributed by atoms with E-state index in [0.717, 1.165) is 16.8 Å². The van der Waals surface area contributed by atoms with Gasteiger partial charge in [-0.15, -0.1) is 0 Å². The second kappa shape index (κ2) is 10.6. The van der Waals surface area contributed by atoms with Crippen LogP contribution in [-0.2, 0) is 13.6 Å². The van der Waals surface area contributed by atoms with Gasteiger partial charge in [0.15, 0.2) is 0 Å². The number of carbonyl (C=O) groups is 1. The van der Waals surface area contributed by atoms with Crippen molar-refractivity contribution in [2.24, 2.45) is 13.0 Å². The van der Waals surface area contributed by atoms with Gasteiger partial charge in [-0.1, -0.05) is 86.1 Å². The number of benzene rings is 3. The number of carbonyl (C=O) groups excluding carboxylic acids is 1. The Labute approximate surface area is 205 Å². The van der Waals surface area contributed by atoms with Gasteiger partial charge in [-0.25, -0.2) is 4.68 Å². The molecule has 5 nitrogen and oxygen atoms in total. The molecule has 0 bridgehead atoms. The van der Waals surface area contributed by atoms with Crippen molar-refractivity contribution in [2.75, 3.05) is 6.54 Å². The average Bonchev–Trinajstić information content (AvgIpc) is 3.14. The number of para-hydroxylation sites is 1. The molecule has 1 aromatic heterocycles. The third kappa shape index (κ3) is 5.32. The lowest BCUT2D eigenvalue weighted by atomic mass is 10.1. The Morgan fingerprint density at radius 1 is 0.971 bits per heavy atom. The average molecular weight is 474 g/mol. The zero-order chi connectivity index (χ0) is 24.1. The van der Waals surface area contributed by atoms with Gasteiger partial charge in [-0.05, 0) is 30.2 Å². The highest BCUT2D eigenvalue weighted by atomic mass is 35.5. The molecule has 34 heavy (non-hydrogen) atoms. The summed E-state index contributed by atoms with van der Waals surface area (Å²) >= 11 is 6.38. The summed E-state index contributed by atoms with van der Waals surface area (Å²) < 4.78 is 8.03. The Morgan fingerprint density at radius 2 is 1.59 bits per heavy atom. The van der Waals surface area contributed by atoms with Crippen LogP contribution in [0.1, 0.15) is 29.8 Å². The number of nitrogens with zero attached hydrogens (tertiary/aromatic N) is 3. The van der Waals surface area contributed by atoms with Crippen LogP contribution in [0.4, 0.5) is 0 Å². The Hall–Kier alpha value is -3.57. The number of halogens is 1. The van der Waals surface area contributed by atoms with Gasteiger partial charge in [-0.3, -0.25) is 4.79 Å². The summed E-state index contributed by atoms with van der Waals surface area (Å²) in [7, 11) is 1.86. The molecule has 0 saturated heterocycles. The molecule has 4 aromatic rings. The molecule has 6 heteroatoms. The van der Waals surface area contributed by atoms with Crippen LogP contribution in [0.15, 0.2) is 84.9 Å². The van der Waals surface area contributed by atoms with Crippen molar-refractivity contribution >= 4 is 17.5 Å². The van der Waals surface area contributed by atoms with E-state index in [1.807, 2.05) is 84.7 Å². The first-order valence-corrected chi connectivity index (χ1v) is 11.7. The summed E-state index contributed by atoms with van der Waals surface area (Å²) in [6, 6.07) is 26.7. The van der Waals surface area contributed by atoms with Crippen LogP contribution in [0.3, 0.4) is 0 Å². The van der Waals surface area contributed by atoms with Crippen LogP contribution in [0.2, 0.25) is 5.02 Å². The minimum atomic E-state index is -0.118. The summed E-state index contributed by atoms with van der Waals surface area (Å²) in [4.78, 5) is 15.4. The van der Waals surface area contributed by atoms with Crippen LogP contribution in [0.5, 0.6) is 11.6 Å². The molecule has 0 saturated carbocycles. The van der Waals surface area contributed by atoms with E-state index in [2.05, 4.69) is 13.8 Å². The second-order valence-electron chi connectivity index (χ2n) is 8.60. The summed E-state index contributed by atoms with van der Waals surface area (Å²) in [6.07, 6.45) is 0. The van der Waals surface area contributed by atoms with E-state index in [0.29, 0.717) is 35.3 Å². The van der Waals surface area contributed by atoms with Crippen LogP contribution in [0.25, 0.3) is 11.3 Å². The monoisotopic (exact) mass is 473 g/mol. The quantitative estimate of drug-likeness (QED) is 0.281. The van der Waals surface area contributed by atoms with Crippen molar-refractivity contribution in [3.63, 3.8) is 0 Å². The molecule has 0 spiro atoms. The molecule has 0 aliphatic carbocycles. The predicted molar refractivity (Wildman–Crippen MR) is 136 cm³/mol. The Balaban J connectivity index is 1.79. The van der Waals surface area contributed by atoms with Crippen LogP contribution >= 0.6 is 11.6 Å². The molecular formula is C28H28ClN3O2. The zero-order valence-corrected chi connectivity index (χ0v) is 20.4. The summed E-state index contributed by atoms with van der Waals surface area (Å²) in [6.45, 7) is 5.09. The third-order valence-electron chi connectivity index (χ3n) is 5.42. The maximum absolute atomic E-state index is 13.6. The number of aromatic nitrogens is 2. The predicted octanol–water partition coefficient (Wildman–Crippen LogP) is 6.83. The molecule has 3 aromatic carbocycles. The molecule has 0 aliphatic rings. The number of rotatable bonds is 8. The number of amides is 1. The van der Waals surface area contributed by atoms with Crippen molar-refractivity contribution < 1.29 is 9.53 Å². The minimum Gasteiger partial charge on any atom is -0.439 e. The maximum Gasteiger partial charge on any atom is 0.255 e. The van der Waals surface area contributed by atoms with E-state index >= 15 is 0 Å². The van der Waals surface area contributed by atoms with Gasteiger partial charge in [0, 0.05) is 19.2 Å². The number of ether oxygens (including phenoxy) is 1. The number of aryl methyl sites for hydroxylation is 1. The molecule has 0 radical (unpaired) electrons. The Kier molecular flexibility index (Phi) is 7.33. The van der Waals surface area contributed by atoms with Crippen molar-refractivity contribution in [1.82, 2.24) is 14.7 Å². The molecule has 4 rings (SSSR count).